The monoisotopic (exact) mass is 214 g/mol. The molecule has 0 rings (SSSR count). The Hall–Kier alpha value is -0.530. The number of esters is 1. The second-order valence-corrected chi connectivity index (χ2v) is 4.61. The molecule has 0 saturated heterocycles. The lowest BCUT2D eigenvalue weighted by molar-refractivity contribution is -0.150. The van der Waals surface area contributed by atoms with E-state index in [1.807, 2.05) is 13.8 Å². The minimum Gasteiger partial charge on any atom is -0.462 e. The molecular weight excluding hydrogens is 188 g/mol. The SMILES string of the molecule is CCCCCC(CC)OC(=O)CC(C)C. The van der Waals surface area contributed by atoms with Crippen molar-refractivity contribution in [3.05, 3.63) is 0 Å². The first-order chi connectivity index (χ1) is 7.10. The summed E-state index contributed by atoms with van der Waals surface area (Å²) in [7, 11) is 0. The molecule has 0 amide bonds. The van der Waals surface area contributed by atoms with Crippen LogP contribution in [0.2, 0.25) is 0 Å². The van der Waals surface area contributed by atoms with E-state index in [4.69, 9.17) is 4.74 Å². The van der Waals surface area contributed by atoms with Gasteiger partial charge in [0.25, 0.3) is 0 Å². The van der Waals surface area contributed by atoms with Gasteiger partial charge in [0.1, 0.15) is 6.10 Å². The van der Waals surface area contributed by atoms with Gasteiger partial charge >= 0.3 is 5.97 Å². The average Bonchev–Trinajstić information content (AvgIpc) is 2.15. The number of rotatable bonds is 8. The first-order valence-electron chi connectivity index (χ1n) is 6.29. The van der Waals surface area contributed by atoms with Crippen molar-refractivity contribution in [3.63, 3.8) is 0 Å². The van der Waals surface area contributed by atoms with Crippen LogP contribution in [0.3, 0.4) is 0 Å². The van der Waals surface area contributed by atoms with Gasteiger partial charge in [-0.05, 0) is 25.2 Å². The lowest BCUT2D eigenvalue weighted by atomic mass is 10.1. The van der Waals surface area contributed by atoms with Crippen LogP contribution in [0, 0.1) is 5.92 Å². The molecule has 0 radical (unpaired) electrons. The van der Waals surface area contributed by atoms with E-state index < -0.39 is 0 Å². The van der Waals surface area contributed by atoms with Crippen LogP contribution in [0.15, 0.2) is 0 Å². The fraction of sp³-hybridized carbons (Fsp3) is 0.923. The van der Waals surface area contributed by atoms with E-state index in [0.717, 1.165) is 12.8 Å². The summed E-state index contributed by atoms with van der Waals surface area (Å²) in [5, 5.41) is 0. The van der Waals surface area contributed by atoms with Crippen molar-refractivity contribution in [2.75, 3.05) is 0 Å². The van der Waals surface area contributed by atoms with E-state index >= 15 is 0 Å². The minimum absolute atomic E-state index is 0.0339. The molecule has 15 heavy (non-hydrogen) atoms. The Balaban J connectivity index is 3.72. The number of hydrogen-bond acceptors (Lipinski definition) is 2. The topological polar surface area (TPSA) is 26.3 Å². The number of unbranched alkanes of at least 4 members (excludes halogenated alkanes) is 2. The van der Waals surface area contributed by atoms with Crippen molar-refractivity contribution in [2.45, 2.75) is 72.3 Å². The van der Waals surface area contributed by atoms with Crippen molar-refractivity contribution in [2.24, 2.45) is 5.92 Å². The third kappa shape index (κ3) is 8.46. The second-order valence-electron chi connectivity index (χ2n) is 4.61. The van der Waals surface area contributed by atoms with Crippen molar-refractivity contribution in [1.82, 2.24) is 0 Å². The molecule has 0 saturated carbocycles. The fourth-order valence-electron chi connectivity index (χ4n) is 1.54. The number of carbonyl (C=O) groups excluding carboxylic acids is 1. The van der Waals surface area contributed by atoms with E-state index in [0.29, 0.717) is 12.3 Å². The number of ether oxygens (including phenoxy) is 1. The van der Waals surface area contributed by atoms with Crippen LogP contribution in [-0.4, -0.2) is 12.1 Å². The van der Waals surface area contributed by atoms with Crippen molar-refractivity contribution < 1.29 is 9.53 Å². The van der Waals surface area contributed by atoms with Gasteiger partial charge in [-0.2, -0.15) is 0 Å². The maximum Gasteiger partial charge on any atom is 0.306 e. The Morgan fingerprint density at radius 3 is 2.33 bits per heavy atom. The predicted molar refractivity (Wildman–Crippen MR) is 63.8 cm³/mol. The number of hydrogen-bond donors (Lipinski definition) is 0. The molecule has 90 valence electrons. The zero-order valence-corrected chi connectivity index (χ0v) is 10.7. The van der Waals surface area contributed by atoms with Crippen LogP contribution in [0.5, 0.6) is 0 Å². The van der Waals surface area contributed by atoms with Crippen molar-refractivity contribution in [3.8, 4) is 0 Å². The summed E-state index contributed by atoms with van der Waals surface area (Å²) in [6, 6.07) is 0. The predicted octanol–water partition coefficient (Wildman–Crippen LogP) is 3.93. The van der Waals surface area contributed by atoms with Crippen molar-refractivity contribution >= 4 is 5.97 Å². The summed E-state index contributed by atoms with van der Waals surface area (Å²) in [4.78, 5) is 11.4. The van der Waals surface area contributed by atoms with Crippen LogP contribution in [0.25, 0.3) is 0 Å². The van der Waals surface area contributed by atoms with Crippen LogP contribution < -0.4 is 0 Å². The van der Waals surface area contributed by atoms with Crippen LogP contribution in [-0.2, 0) is 9.53 Å². The maximum absolute atomic E-state index is 11.4. The van der Waals surface area contributed by atoms with Crippen molar-refractivity contribution in [1.29, 1.82) is 0 Å². The molecule has 0 aromatic carbocycles. The Kier molecular flexibility index (Phi) is 8.44. The molecule has 0 heterocycles. The summed E-state index contributed by atoms with van der Waals surface area (Å²) < 4.78 is 5.42. The van der Waals surface area contributed by atoms with Gasteiger partial charge < -0.3 is 4.74 Å². The summed E-state index contributed by atoms with van der Waals surface area (Å²) >= 11 is 0. The third-order valence-electron chi connectivity index (χ3n) is 2.46. The highest BCUT2D eigenvalue weighted by Crippen LogP contribution is 2.12. The van der Waals surface area contributed by atoms with Gasteiger partial charge in [0.15, 0.2) is 0 Å². The molecule has 2 heteroatoms. The van der Waals surface area contributed by atoms with Gasteiger partial charge in [0.05, 0.1) is 0 Å². The van der Waals surface area contributed by atoms with E-state index in [-0.39, 0.29) is 12.1 Å². The van der Waals surface area contributed by atoms with E-state index in [1.165, 1.54) is 19.3 Å². The molecule has 0 aliphatic heterocycles. The zero-order chi connectivity index (χ0) is 11.7. The number of carbonyl (C=O) groups is 1. The smallest absolute Gasteiger partial charge is 0.306 e. The molecule has 0 aliphatic carbocycles. The largest absolute Gasteiger partial charge is 0.462 e. The zero-order valence-electron chi connectivity index (χ0n) is 10.7. The molecule has 0 bridgehead atoms. The summed E-state index contributed by atoms with van der Waals surface area (Å²) in [5.41, 5.74) is 0. The molecule has 1 atom stereocenters. The normalized spacial score (nSPS) is 12.9. The van der Waals surface area contributed by atoms with E-state index in [1.54, 1.807) is 0 Å². The minimum atomic E-state index is -0.0339. The Labute approximate surface area is 94.4 Å². The highest BCUT2D eigenvalue weighted by molar-refractivity contribution is 5.69. The van der Waals surface area contributed by atoms with E-state index in [9.17, 15) is 4.79 Å². The first-order valence-corrected chi connectivity index (χ1v) is 6.29. The summed E-state index contributed by atoms with van der Waals surface area (Å²) in [5.74, 6) is 0.360. The van der Waals surface area contributed by atoms with Crippen LogP contribution >= 0.6 is 0 Å². The molecular formula is C13H26O2. The molecule has 0 aromatic rings. The van der Waals surface area contributed by atoms with Crippen LogP contribution in [0.1, 0.15) is 66.2 Å². The third-order valence-corrected chi connectivity index (χ3v) is 2.46. The molecule has 0 N–H and O–H groups in total. The average molecular weight is 214 g/mol. The molecule has 2 nitrogen and oxygen atoms in total. The fourth-order valence-corrected chi connectivity index (χ4v) is 1.54. The van der Waals surface area contributed by atoms with E-state index in [2.05, 4.69) is 13.8 Å². The van der Waals surface area contributed by atoms with Gasteiger partial charge in [-0.15, -0.1) is 0 Å². The Bertz CT molecular complexity index is 164. The van der Waals surface area contributed by atoms with Gasteiger partial charge in [-0.3, -0.25) is 4.79 Å². The lowest BCUT2D eigenvalue weighted by Gasteiger charge is -2.16. The maximum atomic E-state index is 11.4. The van der Waals surface area contributed by atoms with Gasteiger partial charge in [-0.1, -0.05) is 40.5 Å². The van der Waals surface area contributed by atoms with Crippen LogP contribution in [0.4, 0.5) is 0 Å². The molecule has 0 fully saturated rings. The van der Waals surface area contributed by atoms with Gasteiger partial charge in [-0.25, -0.2) is 0 Å². The van der Waals surface area contributed by atoms with Gasteiger partial charge in [0, 0.05) is 6.42 Å². The molecule has 1 unspecified atom stereocenters. The quantitative estimate of drug-likeness (QED) is 0.452. The molecule has 0 spiro atoms. The summed E-state index contributed by atoms with van der Waals surface area (Å²) in [6.07, 6.45) is 6.27. The highest BCUT2D eigenvalue weighted by Gasteiger charge is 2.13. The lowest BCUT2D eigenvalue weighted by Crippen LogP contribution is -2.18. The summed E-state index contributed by atoms with van der Waals surface area (Å²) in [6.45, 7) is 8.35. The Morgan fingerprint density at radius 1 is 1.20 bits per heavy atom. The first kappa shape index (κ1) is 14.5. The molecule has 0 aromatic heterocycles. The highest BCUT2D eigenvalue weighted by atomic mass is 16.5. The standard InChI is InChI=1S/C13H26O2/c1-5-7-8-9-12(6-2)15-13(14)10-11(3)4/h11-12H,5-10H2,1-4H3. The Morgan fingerprint density at radius 2 is 1.87 bits per heavy atom. The van der Waals surface area contributed by atoms with Gasteiger partial charge in [0.2, 0.25) is 0 Å². The second kappa shape index (κ2) is 8.75. The molecule has 0 aliphatic rings.